The summed E-state index contributed by atoms with van der Waals surface area (Å²) in [6.07, 6.45) is 2.42. The Hall–Kier alpha value is -2.34. The van der Waals surface area contributed by atoms with Crippen molar-refractivity contribution in [1.82, 2.24) is 4.90 Å². The van der Waals surface area contributed by atoms with Gasteiger partial charge in [-0.2, -0.15) is 0 Å². The van der Waals surface area contributed by atoms with Gasteiger partial charge in [0.05, 0.1) is 13.2 Å². The van der Waals surface area contributed by atoms with Crippen LogP contribution in [0.25, 0.3) is 0 Å². The zero-order chi connectivity index (χ0) is 18.5. The lowest BCUT2D eigenvalue weighted by Gasteiger charge is -2.22. The number of fused-ring (bicyclic) bond motifs is 1. The molecule has 0 spiro atoms. The summed E-state index contributed by atoms with van der Waals surface area (Å²) in [5.41, 5.74) is 0.899. The minimum Gasteiger partial charge on any atom is -0.490 e. The average Bonchev–Trinajstić information content (AvgIpc) is 2.88. The van der Waals surface area contributed by atoms with Crippen LogP contribution in [0.2, 0.25) is 0 Å². The van der Waals surface area contributed by atoms with Gasteiger partial charge in [0, 0.05) is 35.1 Å². The first-order valence-electron chi connectivity index (χ1n) is 8.32. The Morgan fingerprint density at radius 1 is 1.19 bits per heavy atom. The zero-order valence-corrected chi connectivity index (χ0v) is 15.8. The highest BCUT2D eigenvalue weighted by Gasteiger charge is 2.20. The minimum absolute atomic E-state index is 0.143. The first kappa shape index (κ1) is 18.5. The van der Waals surface area contributed by atoms with Gasteiger partial charge in [-0.3, -0.25) is 4.79 Å². The summed E-state index contributed by atoms with van der Waals surface area (Å²) in [4.78, 5) is 14.5. The topological polar surface area (TPSA) is 38.8 Å². The molecule has 6 heteroatoms. The van der Waals surface area contributed by atoms with Crippen molar-refractivity contribution in [3.63, 3.8) is 0 Å². The predicted molar refractivity (Wildman–Crippen MR) is 101 cm³/mol. The van der Waals surface area contributed by atoms with E-state index in [0.717, 1.165) is 10.9 Å². The molecule has 3 rings (SSSR count). The fourth-order valence-electron chi connectivity index (χ4n) is 2.72. The fourth-order valence-corrected chi connectivity index (χ4v) is 3.13. The van der Waals surface area contributed by atoms with Gasteiger partial charge in [0.15, 0.2) is 11.5 Å². The van der Waals surface area contributed by atoms with Crippen LogP contribution in [0.1, 0.15) is 22.3 Å². The molecule has 0 radical (unpaired) electrons. The van der Waals surface area contributed by atoms with Gasteiger partial charge < -0.3 is 14.4 Å². The maximum atomic E-state index is 14.1. The quantitative estimate of drug-likeness (QED) is 0.665. The van der Waals surface area contributed by atoms with Crippen molar-refractivity contribution in [2.75, 3.05) is 19.8 Å². The molecule has 0 bridgehead atoms. The Labute approximate surface area is 160 Å². The van der Waals surface area contributed by atoms with Crippen LogP contribution in [0.3, 0.4) is 0 Å². The molecule has 4 nitrogen and oxygen atoms in total. The van der Waals surface area contributed by atoms with Crippen molar-refractivity contribution >= 4 is 21.8 Å². The number of rotatable bonds is 5. The lowest BCUT2D eigenvalue weighted by Crippen LogP contribution is -2.31. The van der Waals surface area contributed by atoms with E-state index >= 15 is 0 Å². The number of amides is 1. The van der Waals surface area contributed by atoms with E-state index < -0.39 is 0 Å². The molecule has 2 aromatic rings. The van der Waals surface area contributed by atoms with Crippen molar-refractivity contribution in [2.24, 2.45) is 0 Å². The van der Waals surface area contributed by atoms with E-state index in [0.29, 0.717) is 42.4 Å². The molecule has 0 saturated heterocycles. The zero-order valence-electron chi connectivity index (χ0n) is 14.2. The van der Waals surface area contributed by atoms with Crippen molar-refractivity contribution in [3.05, 3.63) is 70.5 Å². The minimum atomic E-state index is -0.353. The second kappa shape index (κ2) is 8.36. The van der Waals surface area contributed by atoms with E-state index in [1.807, 2.05) is 0 Å². The Balaban J connectivity index is 1.85. The highest BCUT2D eigenvalue weighted by molar-refractivity contribution is 9.10. The first-order chi connectivity index (χ1) is 12.6. The molecule has 1 heterocycles. The molecule has 0 atom stereocenters. The normalized spacial score (nSPS) is 13.0. The summed E-state index contributed by atoms with van der Waals surface area (Å²) in [5.74, 6) is 0.613. The first-order valence-corrected chi connectivity index (χ1v) is 9.11. The summed E-state index contributed by atoms with van der Waals surface area (Å²) < 4.78 is 26.1. The Bertz CT molecular complexity index is 825. The van der Waals surface area contributed by atoms with Gasteiger partial charge in [-0.15, -0.1) is 6.58 Å². The van der Waals surface area contributed by atoms with Crippen LogP contribution in [0.15, 0.2) is 53.5 Å². The lowest BCUT2D eigenvalue weighted by atomic mass is 10.1. The molecule has 26 heavy (non-hydrogen) atoms. The summed E-state index contributed by atoms with van der Waals surface area (Å²) in [6.45, 7) is 5.28. The molecule has 1 aliphatic rings. The third-order valence-corrected chi connectivity index (χ3v) is 4.49. The third-order valence-electron chi connectivity index (χ3n) is 4.00. The van der Waals surface area contributed by atoms with E-state index in [1.165, 1.54) is 11.0 Å². The van der Waals surface area contributed by atoms with E-state index in [9.17, 15) is 9.18 Å². The molecule has 0 saturated carbocycles. The number of halogens is 2. The van der Waals surface area contributed by atoms with Crippen LogP contribution in [0.4, 0.5) is 4.39 Å². The lowest BCUT2D eigenvalue weighted by molar-refractivity contribution is 0.0761. The maximum absolute atomic E-state index is 14.1. The van der Waals surface area contributed by atoms with Crippen molar-refractivity contribution < 1.29 is 18.7 Å². The number of benzene rings is 2. The van der Waals surface area contributed by atoms with Crippen LogP contribution in [-0.4, -0.2) is 30.6 Å². The largest absolute Gasteiger partial charge is 0.490 e. The van der Waals surface area contributed by atoms with Crippen LogP contribution in [0.5, 0.6) is 11.5 Å². The fraction of sp³-hybridized carbons (Fsp3) is 0.250. The molecule has 1 amide bonds. The number of hydrogen-bond donors (Lipinski definition) is 0. The number of nitrogens with zero attached hydrogens (tertiary/aromatic N) is 1. The van der Waals surface area contributed by atoms with Gasteiger partial charge in [-0.1, -0.05) is 22.0 Å². The van der Waals surface area contributed by atoms with Gasteiger partial charge in [0.25, 0.3) is 5.91 Å². The molecule has 0 unspecified atom stereocenters. The summed E-state index contributed by atoms with van der Waals surface area (Å²) in [7, 11) is 0. The van der Waals surface area contributed by atoms with Crippen LogP contribution in [0, 0.1) is 5.82 Å². The van der Waals surface area contributed by atoms with Crippen LogP contribution in [-0.2, 0) is 6.54 Å². The second-order valence-corrected chi connectivity index (χ2v) is 6.84. The van der Waals surface area contributed by atoms with Crippen molar-refractivity contribution in [1.29, 1.82) is 0 Å². The number of hydrogen-bond acceptors (Lipinski definition) is 3. The number of ether oxygens (including phenoxy) is 2. The number of carbonyl (C=O) groups is 1. The molecule has 0 fully saturated rings. The maximum Gasteiger partial charge on any atom is 0.254 e. The van der Waals surface area contributed by atoms with Crippen molar-refractivity contribution in [3.8, 4) is 11.5 Å². The molecule has 2 aromatic carbocycles. The standard InChI is InChI=1S/C20H19BrFNO3/c1-2-8-23(13-15-11-16(21)5-6-17(15)22)20(24)14-4-7-18-19(12-14)26-10-3-9-25-18/h2,4-7,11-12H,1,3,8-10,13H2. The Morgan fingerprint density at radius 3 is 2.73 bits per heavy atom. The summed E-state index contributed by atoms with van der Waals surface area (Å²) >= 11 is 3.34. The third kappa shape index (κ3) is 4.25. The monoisotopic (exact) mass is 419 g/mol. The molecule has 1 aliphatic heterocycles. The summed E-state index contributed by atoms with van der Waals surface area (Å²) in [6, 6.07) is 9.79. The van der Waals surface area contributed by atoms with Crippen LogP contribution >= 0.6 is 15.9 Å². The highest BCUT2D eigenvalue weighted by Crippen LogP contribution is 2.31. The van der Waals surface area contributed by atoms with Gasteiger partial charge in [0.2, 0.25) is 0 Å². The van der Waals surface area contributed by atoms with Crippen LogP contribution < -0.4 is 9.47 Å². The Kier molecular flexibility index (Phi) is 5.93. The molecular formula is C20H19BrFNO3. The molecule has 0 aliphatic carbocycles. The summed E-state index contributed by atoms with van der Waals surface area (Å²) in [5, 5.41) is 0. The smallest absolute Gasteiger partial charge is 0.254 e. The van der Waals surface area contributed by atoms with Gasteiger partial charge in [-0.25, -0.2) is 4.39 Å². The SMILES string of the molecule is C=CCN(Cc1cc(Br)ccc1F)C(=O)c1ccc2c(c1)OCCCO2. The molecular weight excluding hydrogens is 401 g/mol. The highest BCUT2D eigenvalue weighted by atomic mass is 79.9. The molecule has 0 N–H and O–H groups in total. The molecule has 136 valence electrons. The van der Waals surface area contributed by atoms with E-state index in [-0.39, 0.29) is 18.3 Å². The van der Waals surface area contributed by atoms with E-state index in [4.69, 9.17) is 9.47 Å². The van der Waals surface area contributed by atoms with Gasteiger partial charge in [-0.05, 0) is 36.4 Å². The van der Waals surface area contributed by atoms with E-state index in [1.54, 1.807) is 36.4 Å². The van der Waals surface area contributed by atoms with Crippen molar-refractivity contribution in [2.45, 2.75) is 13.0 Å². The van der Waals surface area contributed by atoms with Gasteiger partial charge in [0.1, 0.15) is 5.82 Å². The molecule has 0 aromatic heterocycles. The predicted octanol–water partition coefficient (Wildman–Crippen LogP) is 4.58. The number of carbonyl (C=O) groups excluding carboxylic acids is 1. The average molecular weight is 420 g/mol. The van der Waals surface area contributed by atoms with E-state index in [2.05, 4.69) is 22.5 Å². The second-order valence-electron chi connectivity index (χ2n) is 5.92. The van der Waals surface area contributed by atoms with Gasteiger partial charge >= 0.3 is 0 Å². The Morgan fingerprint density at radius 2 is 1.96 bits per heavy atom.